The molecule has 0 fully saturated rings. The molecule has 0 N–H and O–H groups in total. The van der Waals surface area contributed by atoms with Crippen molar-refractivity contribution in [2.75, 3.05) is 13.2 Å². The van der Waals surface area contributed by atoms with Crippen LogP contribution in [0.15, 0.2) is 30.3 Å². The fraction of sp³-hybridized carbons (Fsp3) is 0.467. The van der Waals surface area contributed by atoms with Crippen molar-refractivity contribution in [1.82, 2.24) is 0 Å². The summed E-state index contributed by atoms with van der Waals surface area (Å²) in [7, 11) is 0. The predicted octanol–water partition coefficient (Wildman–Crippen LogP) is 1.62. The van der Waals surface area contributed by atoms with Crippen molar-refractivity contribution in [3.63, 3.8) is 0 Å². The number of ether oxygens (including phenoxy) is 2. The molecule has 0 aliphatic heterocycles. The molecule has 0 bridgehead atoms. The van der Waals surface area contributed by atoms with E-state index in [-0.39, 0.29) is 19.6 Å². The standard InChI is InChI=1S/C15H19NO6/c1-3-21-14(17)13(15(18)22-4-2)12(16(19)20)10-11-8-6-5-7-9-11/h5-9,12-13H,3-4,10H2,1-2H3/t12-/m1/s1. The predicted molar refractivity (Wildman–Crippen MR) is 77.7 cm³/mol. The first-order valence-corrected chi connectivity index (χ1v) is 7.01. The van der Waals surface area contributed by atoms with Gasteiger partial charge in [-0.05, 0) is 19.4 Å². The maximum atomic E-state index is 12.0. The van der Waals surface area contributed by atoms with E-state index in [2.05, 4.69) is 0 Å². The van der Waals surface area contributed by atoms with Crippen molar-refractivity contribution in [1.29, 1.82) is 0 Å². The van der Waals surface area contributed by atoms with Gasteiger partial charge in [0.1, 0.15) is 0 Å². The first kappa shape index (κ1) is 17.6. The average Bonchev–Trinajstić information content (AvgIpc) is 2.48. The molecule has 0 spiro atoms. The minimum absolute atomic E-state index is 0.0323. The minimum atomic E-state index is -1.57. The van der Waals surface area contributed by atoms with Gasteiger partial charge in [-0.15, -0.1) is 0 Å². The molecule has 1 atom stereocenters. The van der Waals surface area contributed by atoms with Gasteiger partial charge in [-0.25, -0.2) is 0 Å². The molecule has 0 saturated carbocycles. The number of hydrogen-bond donors (Lipinski definition) is 0. The number of esters is 2. The molecule has 0 radical (unpaired) electrons. The summed E-state index contributed by atoms with van der Waals surface area (Å²) in [5, 5.41) is 11.4. The third kappa shape index (κ3) is 4.83. The Labute approximate surface area is 128 Å². The van der Waals surface area contributed by atoms with Crippen LogP contribution in [0.25, 0.3) is 0 Å². The second kappa shape index (κ2) is 8.76. The largest absolute Gasteiger partial charge is 0.465 e. The van der Waals surface area contributed by atoms with Gasteiger partial charge in [-0.2, -0.15) is 0 Å². The van der Waals surface area contributed by atoms with Crippen LogP contribution in [-0.4, -0.2) is 36.1 Å². The van der Waals surface area contributed by atoms with Gasteiger partial charge in [0.2, 0.25) is 12.0 Å². The van der Waals surface area contributed by atoms with Crippen LogP contribution in [-0.2, 0) is 25.5 Å². The lowest BCUT2D eigenvalue weighted by molar-refractivity contribution is -0.527. The van der Waals surface area contributed by atoms with E-state index < -0.39 is 28.8 Å². The molecule has 1 aromatic rings. The fourth-order valence-electron chi connectivity index (χ4n) is 2.04. The lowest BCUT2D eigenvalue weighted by Crippen LogP contribution is -2.43. The zero-order valence-electron chi connectivity index (χ0n) is 12.6. The molecular formula is C15H19NO6. The van der Waals surface area contributed by atoms with Crippen LogP contribution in [0.2, 0.25) is 0 Å². The highest BCUT2D eigenvalue weighted by Gasteiger charge is 2.45. The Morgan fingerprint density at radius 1 is 1.09 bits per heavy atom. The van der Waals surface area contributed by atoms with E-state index in [9.17, 15) is 19.7 Å². The summed E-state index contributed by atoms with van der Waals surface area (Å²) in [6, 6.07) is 7.21. The smallest absolute Gasteiger partial charge is 0.327 e. The summed E-state index contributed by atoms with van der Waals surface area (Å²) in [6.45, 7) is 3.20. The number of rotatable bonds is 8. The number of nitro groups is 1. The molecule has 0 amide bonds. The summed E-state index contributed by atoms with van der Waals surface area (Å²) >= 11 is 0. The SMILES string of the molecule is CCOC(=O)C(C(=O)OCC)[C@@H](Cc1ccccc1)[N+](=O)[O-]. The summed E-state index contributed by atoms with van der Waals surface area (Å²) in [5.41, 5.74) is 0.655. The van der Waals surface area contributed by atoms with Gasteiger partial charge in [0.25, 0.3) is 0 Å². The molecule has 7 heteroatoms. The molecule has 0 heterocycles. The number of benzene rings is 1. The topological polar surface area (TPSA) is 95.7 Å². The van der Waals surface area contributed by atoms with E-state index >= 15 is 0 Å². The Morgan fingerprint density at radius 2 is 1.59 bits per heavy atom. The van der Waals surface area contributed by atoms with Crippen LogP contribution in [0.1, 0.15) is 19.4 Å². The van der Waals surface area contributed by atoms with Crippen molar-refractivity contribution in [2.24, 2.45) is 5.92 Å². The first-order valence-electron chi connectivity index (χ1n) is 7.01. The number of hydrogen-bond acceptors (Lipinski definition) is 6. The van der Waals surface area contributed by atoms with Crippen molar-refractivity contribution >= 4 is 11.9 Å². The Balaban J connectivity index is 3.06. The van der Waals surface area contributed by atoms with Gasteiger partial charge in [-0.3, -0.25) is 19.7 Å². The fourth-order valence-corrected chi connectivity index (χ4v) is 2.04. The lowest BCUT2D eigenvalue weighted by Gasteiger charge is -2.18. The number of carbonyl (C=O) groups excluding carboxylic acids is 2. The minimum Gasteiger partial charge on any atom is -0.465 e. The van der Waals surface area contributed by atoms with E-state index in [1.807, 2.05) is 0 Å². The van der Waals surface area contributed by atoms with Crippen LogP contribution in [0, 0.1) is 16.0 Å². The van der Waals surface area contributed by atoms with Gasteiger partial charge in [0, 0.05) is 11.3 Å². The second-order valence-corrected chi connectivity index (χ2v) is 4.52. The number of nitrogens with zero attached hydrogens (tertiary/aromatic N) is 1. The number of carbonyl (C=O) groups is 2. The molecule has 120 valence electrons. The van der Waals surface area contributed by atoms with Gasteiger partial charge in [-0.1, -0.05) is 30.3 Å². The molecule has 22 heavy (non-hydrogen) atoms. The molecule has 0 unspecified atom stereocenters. The highest BCUT2D eigenvalue weighted by atomic mass is 16.6. The molecule has 0 aliphatic rings. The molecule has 7 nitrogen and oxygen atoms in total. The zero-order valence-corrected chi connectivity index (χ0v) is 12.6. The Bertz CT molecular complexity index is 498. The summed E-state index contributed by atoms with van der Waals surface area (Å²) in [5.74, 6) is -3.44. The van der Waals surface area contributed by atoms with Crippen molar-refractivity contribution < 1.29 is 24.0 Å². The van der Waals surface area contributed by atoms with Crippen LogP contribution in [0.3, 0.4) is 0 Å². The Kier molecular flexibility index (Phi) is 7.01. The van der Waals surface area contributed by atoms with E-state index in [4.69, 9.17) is 9.47 Å². The van der Waals surface area contributed by atoms with Gasteiger partial charge < -0.3 is 9.47 Å². The first-order chi connectivity index (χ1) is 10.5. The van der Waals surface area contributed by atoms with E-state index in [0.717, 1.165) is 0 Å². The molecule has 1 rings (SSSR count). The van der Waals surface area contributed by atoms with Crippen molar-refractivity contribution in [3.8, 4) is 0 Å². The second-order valence-electron chi connectivity index (χ2n) is 4.52. The normalized spacial score (nSPS) is 11.8. The van der Waals surface area contributed by atoms with E-state index in [1.54, 1.807) is 44.2 Å². The highest BCUT2D eigenvalue weighted by Crippen LogP contribution is 2.17. The van der Waals surface area contributed by atoms with Crippen LogP contribution in [0.5, 0.6) is 0 Å². The molecule has 0 aromatic heterocycles. The average molecular weight is 309 g/mol. The lowest BCUT2D eigenvalue weighted by atomic mass is 9.94. The van der Waals surface area contributed by atoms with Gasteiger partial charge in [0.15, 0.2) is 0 Å². The van der Waals surface area contributed by atoms with Crippen molar-refractivity contribution in [3.05, 3.63) is 46.0 Å². The highest BCUT2D eigenvalue weighted by molar-refractivity contribution is 5.95. The van der Waals surface area contributed by atoms with Crippen LogP contribution < -0.4 is 0 Å². The maximum Gasteiger partial charge on any atom is 0.327 e. The summed E-state index contributed by atoms with van der Waals surface area (Å²) in [6.07, 6.45) is -0.0594. The van der Waals surface area contributed by atoms with Crippen molar-refractivity contribution in [2.45, 2.75) is 26.3 Å². The van der Waals surface area contributed by atoms with Gasteiger partial charge in [0.05, 0.1) is 13.2 Å². The third-order valence-electron chi connectivity index (χ3n) is 3.02. The molecule has 0 aliphatic carbocycles. The molecule has 0 saturated heterocycles. The maximum absolute atomic E-state index is 12.0. The van der Waals surface area contributed by atoms with E-state index in [1.165, 1.54) is 0 Å². The summed E-state index contributed by atoms with van der Waals surface area (Å²) in [4.78, 5) is 34.7. The van der Waals surface area contributed by atoms with Crippen LogP contribution in [0.4, 0.5) is 0 Å². The Morgan fingerprint density at radius 3 is 2.00 bits per heavy atom. The zero-order chi connectivity index (χ0) is 16.5. The Hall–Kier alpha value is -2.44. The third-order valence-corrected chi connectivity index (χ3v) is 3.02. The molecular weight excluding hydrogens is 290 g/mol. The van der Waals surface area contributed by atoms with Gasteiger partial charge >= 0.3 is 11.9 Å². The van der Waals surface area contributed by atoms with E-state index in [0.29, 0.717) is 5.56 Å². The quantitative estimate of drug-likeness (QED) is 0.313. The molecule has 1 aromatic carbocycles. The van der Waals surface area contributed by atoms with Crippen LogP contribution >= 0.6 is 0 Å². The summed E-state index contributed by atoms with van der Waals surface area (Å²) < 4.78 is 9.59. The monoisotopic (exact) mass is 309 g/mol.